The summed E-state index contributed by atoms with van der Waals surface area (Å²) in [5, 5.41) is 15.6. The first kappa shape index (κ1) is 15.6. The van der Waals surface area contributed by atoms with Crippen LogP contribution in [0.2, 0.25) is 0 Å². The van der Waals surface area contributed by atoms with E-state index >= 15 is 0 Å². The Morgan fingerprint density at radius 2 is 2.00 bits per heavy atom. The van der Waals surface area contributed by atoms with Gasteiger partial charge >= 0.3 is 5.69 Å². The molecule has 122 valence electrons. The zero-order valence-electron chi connectivity index (χ0n) is 13.1. The number of rotatable bonds is 5. The van der Waals surface area contributed by atoms with Crippen molar-refractivity contribution in [3.63, 3.8) is 0 Å². The minimum absolute atomic E-state index is 0.00192. The summed E-state index contributed by atoms with van der Waals surface area (Å²) in [6.07, 6.45) is 3.11. The molecule has 23 heavy (non-hydrogen) atoms. The highest BCUT2D eigenvalue weighted by atomic mass is 16.6. The van der Waals surface area contributed by atoms with Crippen LogP contribution >= 0.6 is 0 Å². The molecule has 0 N–H and O–H groups in total. The Balaban J connectivity index is 1.72. The summed E-state index contributed by atoms with van der Waals surface area (Å²) in [5.41, 5.74) is 0.855. The van der Waals surface area contributed by atoms with Gasteiger partial charge in [-0.15, -0.1) is 0 Å². The fourth-order valence-corrected chi connectivity index (χ4v) is 2.66. The molecule has 2 aromatic rings. The standard InChI is InChI=1S/C15H20N6O2/c1-18-6-8-19(9-7-18)10-11-20-12-14(21(22)23)15(17-20)13-4-2-3-5-16-13/h2-5,12H,6-11H2,1H3. The highest BCUT2D eigenvalue weighted by molar-refractivity contribution is 5.65. The lowest BCUT2D eigenvalue weighted by atomic mass is 10.2. The Kier molecular flexibility index (Phi) is 4.63. The van der Waals surface area contributed by atoms with Crippen molar-refractivity contribution in [2.45, 2.75) is 6.54 Å². The zero-order chi connectivity index (χ0) is 16.2. The number of nitro groups is 1. The second-order valence-corrected chi connectivity index (χ2v) is 5.74. The second-order valence-electron chi connectivity index (χ2n) is 5.74. The van der Waals surface area contributed by atoms with Crippen LogP contribution in [0.15, 0.2) is 30.6 Å². The third-order valence-corrected chi connectivity index (χ3v) is 4.09. The van der Waals surface area contributed by atoms with E-state index in [4.69, 9.17) is 0 Å². The molecule has 0 radical (unpaired) electrons. The maximum absolute atomic E-state index is 11.3. The van der Waals surface area contributed by atoms with E-state index in [1.165, 1.54) is 6.20 Å². The van der Waals surface area contributed by atoms with Gasteiger partial charge in [-0.05, 0) is 19.2 Å². The predicted molar refractivity (Wildman–Crippen MR) is 86.0 cm³/mol. The normalized spacial score (nSPS) is 16.6. The molecule has 1 fully saturated rings. The molecule has 1 saturated heterocycles. The van der Waals surface area contributed by atoms with Crippen LogP contribution in [0, 0.1) is 10.1 Å². The second kappa shape index (κ2) is 6.84. The lowest BCUT2D eigenvalue weighted by Crippen LogP contribution is -2.45. The number of nitrogens with zero attached hydrogens (tertiary/aromatic N) is 6. The highest BCUT2D eigenvalue weighted by Gasteiger charge is 2.22. The first-order chi connectivity index (χ1) is 11.1. The minimum Gasteiger partial charge on any atom is -0.304 e. The van der Waals surface area contributed by atoms with E-state index in [0.29, 0.717) is 17.9 Å². The van der Waals surface area contributed by atoms with Gasteiger partial charge < -0.3 is 4.90 Å². The molecule has 2 aromatic heterocycles. The van der Waals surface area contributed by atoms with Crippen LogP contribution in [0.1, 0.15) is 0 Å². The molecule has 0 aromatic carbocycles. The van der Waals surface area contributed by atoms with E-state index in [0.717, 1.165) is 32.7 Å². The summed E-state index contributed by atoms with van der Waals surface area (Å²) in [6.45, 7) is 5.63. The van der Waals surface area contributed by atoms with Gasteiger partial charge in [0.25, 0.3) is 0 Å². The lowest BCUT2D eigenvalue weighted by molar-refractivity contribution is -0.384. The molecule has 0 saturated carbocycles. The van der Waals surface area contributed by atoms with Crippen molar-refractivity contribution in [1.82, 2.24) is 24.6 Å². The molecule has 8 heteroatoms. The van der Waals surface area contributed by atoms with Crippen LogP contribution in [0.4, 0.5) is 5.69 Å². The third-order valence-electron chi connectivity index (χ3n) is 4.09. The summed E-state index contributed by atoms with van der Waals surface area (Å²) >= 11 is 0. The lowest BCUT2D eigenvalue weighted by Gasteiger charge is -2.32. The van der Waals surface area contributed by atoms with Crippen molar-refractivity contribution in [3.8, 4) is 11.4 Å². The first-order valence-corrected chi connectivity index (χ1v) is 7.67. The van der Waals surface area contributed by atoms with Crippen LogP contribution in [-0.4, -0.2) is 69.3 Å². The monoisotopic (exact) mass is 316 g/mol. The van der Waals surface area contributed by atoms with Crippen LogP contribution in [-0.2, 0) is 6.54 Å². The third kappa shape index (κ3) is 3.72. The van der Waals surface area contributed by atoms with Gasteiger partial charge in [-0.1, -0.05) is 6.07 Å². The Hall–Kier alpha value is -2.32. The molecular weight excluding hydrogens is 296 g/mol. The van der Waals surface area contributed by atoms with E-state index in [2.05, 4.69) is 26.9 Å². The van der Waals surface area contributed by atoms with E-state index in [-0.39, 0.29) is 5.69 Å². The van der Waals surface area contributed by atoms with Crippen LogP contribution in [0.5, 0.6) is 0 Å². The smallest absolute Gasteiger partial charge is 0.304 e. The molecule has 8 nitrogen and oxygen atoms in total. The number of pyridine rings is 1. The fourth-order valence-electron chi connectivity index (χ4n) is 2.66. The van der Waals surface area contributed by atoms with Gasteiger partial charge in [0.1, 0.15) is 6.20 Å². The molecule has 0 spiro atoms. The topological polar surface area (TPSA) is 80.3 Å². The van der Waals surface area contributed by atoms with E-state index in [1.54, 1.807) is 29.1 Å². The van der Waals surface area contributed by atoms with Gasteiger partial charge in [-0.3, -0.25) is 24.7 Å². The molecule has 1 aliphatic rings. The largest absolute Gasteiger partial charge is 0.316 e. The predicted octanol–water partition coefficient (Wildman–Crippen LogP) is 1.10. The zero-order valence-corrected chi connectivity index (χ0v) is 13.1. The first-order valence-electron chi connectivity index (χ1n) is 7.67. The quantitative estimate of drug-likeness (QED) is 0.607. The average molecular weight is 316 g/mol. The number of aromatic nitrogens is 3. The molecule has 1 aliphatic heterocycles. The molecule has 3 rings (SSSR count). The van der Waals surface area contributed by atoms with Crippen molar-refractivity contribution in [1.29, 1.82) is 0 Å². The Bertz CT molecular complexity index is 664. The summed E-state index contributed by atoms with van der Waals surface area (Å²) in [6, 6.07) is 5.31. The van der Waals surface area contributed by atoms with Gasteiger partial charge in [0.15, 0.2) is 5.69 Å². The Morgan fingerprint density at radius 1 is 1.22 bits per heavy atom. The number of hydrogen-bond acceptors (Lipinski definition) is 6. The highest BCUT2D eigenvalue weighted by Crippen LogP contribution is 2.26. The van der Waals surface area contributed by atoms with E-state index < -0.39 is 4.92 Å². The summed E-state index contributed by atoms with van der Waals surface area (Å²) in [4.78, 5) is 19.7. The van der Waals surface area contributed by atoms with Gasteiger partial charge in [0.05, 0.1) is 17.2 Å². The van der Waals surface area contributed by atoms with E-state index in [9.17, 15) is 10.1 Å². The number of hydrogen-bond donors (Lipinski definition) is 0. The molecule has 3 heterocycles. The van der Waals surface area contributed by atoms with Crippen molar-refractivity contribution >= 4 is 5.69 Å². The minimum atomic E-state index is -0.399. The fraction of sp³-hybridized carbons (Fsp3) is 0.467. The maximum atomic E-state index is 11.3. The Morgan fingerprint density at radius 3 is 2.65 bits per heavy atom. The maximum Gasteiger partial charge on any atom is 0.316 e. The summed E-state index contributed by atoms with van der Waals surface area (Å²) in [7, 11) is 2.12. The van der Waals surface area contributed by atoms with Crippen molar-refractivity contribution in [2.24, 2.45) is 0 Å². The SMILES string of the molecule is CN1CCN(CCn2cc([N+](=O)[O-])c(-c3ccccn3)n2)CC1. The van der Waals surface area contributed by atoms with Gasteiger partial charge in [-0.2, -0.15) is 5.10 Å². The van der Waals surface area contributed by atoms with Crippen molar-refractivity contribution in [2.75, 3.05) is 39.8 Å². The van der Waals surface area contributed by atoms with Crippen molar-refractivity contribution in [3.05, 3.63) is 40.7 Å². The molecular formula is C15H20N6O2. The van der Waals surface area contributed by atoms with Crippen LogP contribution < -0.4 is 0 Å². The summed E-state index contributed by atoms with van der Waals surface area (Å²) < 4.78 is 1.65. The average Bonchev–Trinajstić information content (AvgIpc) is 3.00. The number of likely N-dealkylation sites (N-methyl/N-ethyl adjacent to an activating group) is 1. The van der Waals surface area contributed by atoms with Gasteiger partial charge in [0.2, 0.25) is 0 Å². The summed E-state index contributed by atoms with van der Waals surface area (Å²) in [5.74, 6) is 0. The molecule has 0 unspecified atom stereocenters. The molecule has 0 amide bonds. The number of piperazine rings is 1. The Labute approximate surface area is 134 Å². The van der Waals surface area contributed by atoms with Gasteiger partial charge in [0, 0.05) is 38.9 Å². The van der Waals surface area contributed by atoms with Gasteiger partial charge in [-0.25, -0.2) is 0 Å². The van der Waals surface area contributed by atoms with Crippen molar-refractivity contribution < 1.29 is 4.92 Å². The van der Waals surface area contributed by atoms with Crippen LogP contribution in [0.3, 0.4) is 0 Å². The molecule has 0 atom stereocenters. The van der Waals surface area contributed by atoms with Crippen LogP contribution in [0.25, 0.3) is 11.4 Å². The molecule has 0 aliphatic carbocycles. The van der Waals surface area contributed by atoms with E-state index in [1.807, 2.05) is 0 Å². The molecule has 0 bridgehead atoms.